The summed E-state index contributed by atoms with van der Waals surface area (Å²) in [5.41, 5.74) is 4.36. The fraction of sp³-hybridized carbons (Fsp3) is 0.423. The number of ether oxygens (including phenoxy) is 3. The van der Waals surface area contributed by atoms with E-state index in [1.165, 1.54) is 5.56 Å². The smallest absolute Gasteiger partial charge is 0.125 e. The predicted molar refractivity (Wildman–Crippen MR) is 127 cm³/mol. The van der Waals surface area contributed by atoms with Gasteiger partial charge in [-0.25, -0.2) is 0 Å². The van der Waals surface area contributed by atoms with Crippen LogP contribution in [-0.2, 0) is 11.3 Å². The van der Waals surface area contributed by atoms with Crippen LogP contribution in [0.5, 0.6) is 17.2 Å². The highest BCUT2D eigenvalue weighted by Crippen LogP contribution is 2.28. The van der Waals surface area contributed by atoms with Crippen LogP contribution in [0.25, 0.3) is 0 Å². The molecular formula is C26H35NO4. The minimum absolute atomic E-state index is 0.578. The van der Waals surface area contributed by atoms with E-state index in [4.69, 9.17) is 19.0 Å². The minimum Gasteiger partial charge on any atom is -0.493 e. The zero-order chi connectivity index (χ0) is 22.5. The zero-order valence-corrected chi connectivity index (χ0v) is 19.4. The third-order valence-electron chi connectivity index (χ3n) is 4.74. The van der Waals surface area contributed by atoms with Crippen LogP contribution in [0.3, 0.4) is 0 Å². The van der Waals surface area contributed by atoms with E-state index in [-0.39, 0.29) is 0 Å². The van der Waals surface area contributed by atoms with Gasteiger partial charge >= 0.3 is 0 Å². The molecule has 0 aliphatic rings. The molecule has 0 amide bonds. The summed E-state index contributed by atoms with van der Waals surface area (Å²) in [5, 5.41) is 3.95. The highest BCUT2D eigenvalue weighted by Gasteiger charge is 2.07. The number of rotatable bonds is 13. The Morgan fingerprint density at radius 2 is 1.71 bits per heavy atom. The summed E-state index contributed by atoms with van der Waals surface area (Å²) < 4.78 is 17.7. The van der Waals surface area contributed by atoms with E-state index < -0.39 is 0 Å². The van der Waals surface area contributed by atoms with Crippen molar-refractivity contribution in [1.82, 2.24) is 0 Å². The van der Waals surface area contributed by atoms with Gasteiger partial charge in [-0.05, 0) is 81.5 Å². The van der Waals surface area contributed by atoms with Crippen molar-refractivity contribution in [2.24, 2.45) is 5.16 Å². The van der Waals surface area contributed by atoms with Crippen molar-refractivity contribution >= 4 is 5.71 Å². The molecule has 0 radical (unpaired) electrons. The summed E-state index contributed by atoms with van der Waals surface area (Å²) in [5.74, 6) is 2.68. The minimum atomic E-state index is 0.578. The van der Waals surface area contributed by atoms with Crippen LogP contribution in [0.15, 0.2) is 53.7 Å². The maximum Gasteiger partial charge on any atom is 0.125 e. The third kappa shape index (κ3) is 8.75. The van der Waals surface area contributed by atoms with Crippen molar-refractivity contribution in [3.8, 4) is 17.2 Å². The van der Waals surface area contributed by atoms with Gasteiger partial charge in [-0.15, -0.1) is 0 Å². The average Bonchev–Trinajstić information content (AvgIpc) is 2.74. The Hall–Kier alpha value is -2.95. The van der Waals surface area contributed by atoms with E-state index in [1.54, 1.807) is 7.11 Å². The molecule has 2 aromatic carbocycles. The van der Waals surface area contributed by atoms with Crippen molar-refractivity contribution in [3.05, 3.63) is 65.2 Å². The molecule has 0 fully saturated rings. The molecule has 31 heavy (non-hydrogen) atoms. The van der Waals surface area contributed by atoms with Gasteiger partial charge in [0.1, 0.15) is 31.0 Å². The number of hydrogen-bond donors (Lipinski definition) is 0. The summed E-state index contributed by atoms with van der Waals surface area (Å²) in [7, 11) is 1.57. The van der Waals surface area contributed by atoms with Crippen LogP contribution in [0.2, 0.25) is 0 Å². The first-order valence-electron chi connectivity index (χ1n) is 10.8. The van der Waals surface area contributed by atoms with Gasteiger partial charge in [-0.3, -0.25) is 0 Å². The first-order chi connectivity index (χ1) is 15.0. The van der Waals surface area contributed by atoms with Crippen LogP contribution >= 0.6 is 0 Å². The topological polar surface area (TPSA) is 49.3 Å². The Bertz CT molecular complexity index is 850. The summed E-state index contributed by atoms with van der Waals surface area (Å²) in [6.45, 7) is 9.84. The van der Waals surface area contributed by atoms with Gasteiger partial charge in [0.15, 0.2) is 0 Å². The molecule has 0 N–H and O–H groups in total. The molecule has 2 rings (SSSR count). The second kappa shape index (κ2) is 13.4. The van der Waals surface area contributed by atoms with Gasteiger partial charge in [0.2, 0.25) is 0 Å². The highest BCUT2D eigenvalue weighted by molar-refractivity contribution is 5.81. The molecule has 0 atom stereocenters. The SMILES string of the molecule is C/C=C/COc1cc(C)c(OCCCOc2cccc(CC/C(C)=N\OC)c2)c(C)c1. The van der Waals surface area contributed by atoms with Gasteiger partial charge in [0, 0.05) is 6.42 Å². The van der Waals surface area contributed by atoms with E-state index in [0.29, 0.717) is 19.8 Å². The number of oxime groups is 1. The molecule has 0 saturated carbocycles. The average molecular weight is 426 g/mol. The van der Waals surface area contributed by atoms with E-state index in [1.807, 2.05) is 64.1 Å². The van der Waals surface area contributed by atoms with Crippen LogP contribution in [0.4, 0.5) is 0 Å². The summed E-state index contributed by atoms with van der Waals surface area (Å²) in [6, 6.07) is 12.2. The van der Waals surface area contributed by atoms with Crippen molar-refractivity contribution < 1.29 is 19.0 Å². The lowest BCUT2D eigenvalue weighted by Gasteiger charge is -2.14. The van der Waals surface area contributed by atoms with E-state index in [2.05, 4.69) is 17.3 Å². The predicted octanol–water partition coefficient (Wildman–Crippen LogP) is 6.06. The first-order valence-corrected chi connectivity index (χ1v) is 10.8. The number of allylic oxidation sites excluding steroid dienone is 1. The molecule has 0 spiro atoms. The van der Waals surface area contributed by atoms with Gasteiger partial charge in [-0.1, -0.05) is 29.4 Å². The Morgan fingerprint density at radius 3 is 2.42 bits per heavy atom. The largest absolute Gasteiger partial charge is 0.493 e. The molecule has 0 aliphatic carbocycles. The van der Waals surface area contributed by atoms with Crippen LogP contribution in [0.1, 0.15) is 43.4 Å². The number of benzene rings is 2. The van der Waals surface area contributed by atoms with Crippen molar-refractivity contribution in [2.75, 3.05) is 26.9 Å². The molecule has 2 aromatic rings. The van der Waals surface area contributed by atoms with E-state index >= 15 is 0 Å². The molecule has 0 aliphatic heterocycles. The van der Waals surface area contributed by atoms with Crippen LogP contribution in [-0.4, -0.2) is 32.6 Å². The second-order valence-electron chi connectivity index (χ2n) is 7.47. The maximum atomic E-state index is 6.02. The van der Waals surface area contributed by atoms with Crippen molar-refractivity contribution in [2.45, 2.75) is 47.0 Å². The highest BCUT2D eigenvalue weighted by atomic mass is 16.6. The maximum absolute atomic E-state index is 6.02. The Morgan fingerprint density at radius 1 is 0.968 bits per heavy atom. The standard InChI is InChI=1S/C26H35NO4/c1-6-7-14-30-25-17-20(2)26(21(3)18-25)31-16-9-15-29-24-11-8-10-23(19-24)13-12-22(4)27-28-5/h6-8,10-11,17-19H,9,12-16H2,1-5H3/b7-6+,27-22-. The lowest BCUT2D eigenvalue weighted by Crippen LogP contribution is -2.07. The van der Waals surface area contributed by atoms with Gasteiger partial charge in [0.05, 0.1) is 18.9 Å². The summed E-state index contributed by atoms with van der Waals surface area (Å²) >= 11 is 0. The second-order valence-corrected chi connectivity index (χ2v) is 7.47. The first kappa shape index (κ1) is 24.3. The lowest BCUT2D eigenvalue weighted by molar-refractivity contribution is 0.212. The lowest BCUT2D eigenvalue weighted by atomic mass is 10.1. The number of hydrogen-bond acceptors (Lipinski definition) is 5. The molecule has 5 nitrogen and oxygen atoms in total. The molecular weight excluding hydrogens is 390 g/mol. The molecule has 0 unspecified atom stereocenters. The normalized spacial score (nSPS) is 11.6. The van der Waals surface area contributed by atoms with Crippen molar-refractivity contribution in [1.29, 1.82) is 0 Å². The third-order valence-corrected chi connectivity index (χ3v) is 4.74. The number of aryl methyl sites for hydroxylation is 3. The quantitative estimate of drug-likeness (QED) is 0.169. The number of nitrogens with zero attached hydrogens (tertiary/aromatic N) is 1. The Labute approximate surface area is 186 Å². The van der Waals surface area contributed by atoms with Gasteiger partial charge < -0.3 is 19.0 Å². The molecule has 0 aromatic heterocycles. The van der Waals surface area contributed by atoms with Crippen LogP contribution in [0, 0.1) is 13.8 Å². The van der Waals surface area contributed by atoms with Crippen LogP contribution < -0.4 is 14.2 Å². The van der Waals surface area contributed by atoms with E-state index in [9.17, 15) is 0 Å². The molecule has 0 heterocycles. The molecule has 5 heteroatoms. The van der Waals surface area contributed by atoms with Crippen molar-refractivity contribution in [3.63, 3.8) is 0 Å². The van der Waals surface area contributed by atoms with Gasteiger partial charge in [-0.2, -0.15) is 0 Å². The molecule has 168 valence electrons. The zero-order valence-electron chi connectivity index (χ0n) is 19.4. The summed E-state index contributed by atoms with van der Waals surface area (Å²) in [6.07, 6.45) is 6.55. The monoisotopic (exact) mass is 425 g/mol. The van der Waals surface area contributed by atoms with Gasteiger partial charge in [0.25, 0.3) is 0 Å². The fourth-order valence-corrected chi connectivity index (χ4v) is 3.20. The Balaban J connectivity index is 1.77. The Kier molecular flexibility index (Phi) is 10.5. The van der Waals surface area contributed by atoms with E-state index in [0.717, 1.165) is 53.3 Å². The fourth-order valence-electron chi connectivity index (χ4n) is 3.20. The molecule has 0 bridgehead atoms. The summed E-state index contributed by atoms with van der Waals surface area (Å²) in [4.78, 5) is 4.81. The molecule has 0 saturated heterocycles.